The van der Waals surface area contributed by atoms with E-state index in [0.717, 1.165) is 45.6 Å². The van der Waals surface area contributed by atoms with Crippen molar-refractivity contribution in [2.75, 3.05) is 0 Å². The van der Waals surface area contributed by atoms with E-state index in [0.29, 0.717) is 0 Å². The number of carbonyl (C=O) groups excluding carboxylic acids is 1. The monoisotopic (exact) mass is 235 g/mol. The van der Waals surface area contributed by atoms with Gasteiger partial charge in [0.15, 0.2) is 0 Å². The molecule has 0 amide bonds. The molecule has 3 aromatic rings. The van der Waals surface area contributed by atoms with Crippen LogP contribution in [0.5, 0.6) is 0 Å². The van der Waals surface area contributed by atoms with Crippen LogP contribution in [0.25, 0.3) is 21.8 Å². The number of rotatable bonds is 2. The van der Waals surface area contributed by atoms with Crippen molar-refractivity contribution >= 4 is 28.1 Å². The van der Waals surface area contributed by atoms with Gasteiger partial charge < -0.3 is 0 Å². The minimum absolute atomic E-state index is 0.766. The van der Waals surface area contributed by atoms with Crippen molar-refractivity contribution in [3.05, 3.63) is 53.6 Å². The molecule has 1 aromatic heterocycles. The van der Waals surface area contributed by atoms with Gasteiger partial charge >= 0.3 is 0 Å². The zero-order valence-corrected chi connectivity index (χ0v) is 10.2. The number of pyridine rings is 1. The average molecular weight is 235 g/mol. The lowest BCUT2D eigenvalue weighted by Crippen LogP contribution is -1.92. The van der Waals surface area contributed by atoms with Gasteiger partial charge in [-0.2, -0.15) is 0 Å². The summed E-state index contributed by atoms with van der Waals surface area (Å²) < 4.78 is 0. The predicted molar refractivity (Wildman–Crippen MR) is 74.0 cm³/mol. The Balaban J connectivity index is 2.39. The van der Waals surface area contributed by atoms with Gasteiger partial charge in [-0.05, 0) is 36.2 Å². The summed E-state index contributed by atoms with van der Waals surface area (Å²) in [6.45, 7) is 2.05. The van der Waals surface area contributed by atoms with Crippen LogP contribution in [0.1, 0.15) is 22.8 Å². The van der Waals surface area contributed by atoms with Gasteiger partial charge in [-0.25, -0.2) is 4.98 Å². The highest BCUT2D eigenvalue weighted by Gasteiger charge is 2.05. The molecular weight excluding hydrogens is 222 g/mol. The fraction of sp³-hybridized carbons (Fsp3) is 0.125. The van der Waals surface area contributed by atoms with E-state index < -0.39 is 0 Å². The summed E-state index contributed by atoms with van der Waals surface area (Å²) in [5.74, 6) is 0. The first-order chi connectivity index (χ1) is 8.81. The molecule has 2 aromatic carbocycles. The normalized spacial score (nSPS) is 10.9. The SMILES string of the molecule is CCc1cc2nc3ccccc3cc2cc1C=O. The fourth-order valence-corrected chi connectivity index (χ4v) is 2.30. The molecule has 0 spiro atoms. The largest absolute Gasteiger partial charge is 0.298 e. The summed E-state index contributed by atoms with van der Waals surface area (Å²) in [6, 6.07) is 14.1. The Hall–Kier alpha value is -2.22. The highest BCUT2D eigenvalue weighted by atomic mass is 16.1. The first-order valence-corrected chi connectivity index (χ1v) is 6.09. The molecule has 0 bridgehead atoms. The highest BCUT2D eigenvalue weighted by Crippen LogP contribution is 2.22. The third-order valence-corrected chi connectivity index (χ3v) is 3.29. The van der Waals surface area contributed by atoms with Gasteiger partial charge in [0.2, 0.25) is 0 Å². The Labute approximate surface area is 105 Å². The minimum atomic E-state index is 0.766. The summed E-state index contributed by atoms with van der Waals surface area (Å²) in [7, 11) is 0. The molecule has 2 nitrogen and oxygen atoms in total. The number of benzene rings is 2. The Morgan fingerprint density at radius 2 is 1.89 bits per heavy atom. The molecule has 0 saturated carbocycles. The van der Waals surface area contributed by atoms with Crippen LogP contribution in [0.3, 0.4) is 0 Å². The van der Waals surface area contributed by atoms with Crippen molar-refractivity contribution < 1.29 is 4.79 Å². The van der Waals surface area contributed by atoms with Gasteiger partial charge in [-0.3, -0.25) is 4.79 Å². The number of carbonyl (C=O) groups is 1. The van der Waals surface area contributed by atoms with Crippen molar-refractivity contribution in [3.8, 4) is 0 Å². The zero-order chi connectivity index (χ0) is 12.5. The lowest BCUT2D eigenvalue weighted by atomic mass is 10.0. The molecule has 0 aliphatic heterocycles. The number of hydrogen-bond donors (Lipinski definition) is 0. The average Bonchev–Trinajstić information content (AvgIpc) is 2.43. The molecule has 0 unspecified atom stereocenters. The Kier molecular flexibility index (Phi) is 2.56. The van der Waals surface area contributed by atoms with E-state index in [-0.39, 0.29) is 0 Å². The maximum Gasteiger partial charge on any atom is 0.150 e. The quantitative estimate of drug-likeness (QED) is 0.500. The third-order valence-electron chi connectivity index (χ3n) is 3.29. The van der Waals surface area contributed by atoms with Crippen LogP contribution in [0.2, 0.25) is 0 Å². The summed E-state index contributed by atoms with van der Waals surface area (Å²) in [5, 5.41) is 2.12. The zero-order valence-electron chi connectivity index (χ0n) is 10.2. The molecule has 18 heavy (non-hydrogen) atoms. The second-order valence-electron chi connectivity index (χ2n) is 4.40. The van der Waals surface area contributed by atoms with Gasteiger partial charge in [0, 0.05) is 16.3 Å². The second-order valence-corrected chi connectivity index (χ2v) is 4.40. The molecule has 0 radical (unpaired) electrons. The molecule has 0 aliphatic carbocycles. The summed E-state index contributed by atoms with van der Waals surface area (Å²) in [5.41, 5.74) is 3.77. The van der Waals surface area contributed by atoms with Crippen molar-refractivity contribution in [2.24, 2.45) is 0 Å². The van der Waals surface area contributed by atoms with Crippen LogP contribution in [-0.2, 0) is 6.42 Å². The second kappa shape index (κ2) is 4.22. The number of aryl methyl sites for hydroxylation is 1. The molecule has 1 heterocycles. The van der Waals surface area contributed by atoms with Crippen LogP contribution in [0.4, 0.5) is 0 Å². The van der Waals surface area contributed by atoms with E-state index >= 15 is 0 Å². The van der Waals surface area contributed by atoms with Gasteiger partial charge in [0.1, 0.15) is 6.29 Å². The van der Waals surface area contributed by atoms with Crippen LogP contribution >= 0.6 is 0 Å². The van der Waals surface area contributed by atoms with Crippen LogP contribution in [0.15, 0.2) is 42.5 Å². The van der Waals surface area contributed by atoms with Crippen molar-refractivity contribution in [1.82, 2.24) is 4.98 Å². The molecule has 0 atom stereocenters. The first kappa shape index (κ1) is 10.9. The molecule has 88 valence electrons. The van der Waals surface area contributed by atoms with Crippen molar-refractivity contribution in [3.63, 3.8) is 0 Å². The Bertz CT molecular complexity index is 747. The summed E-state index contributed by atoms with van der Waals surface area (Å²) in [4.78, 5) is 15.7. The highest BCUT2D eigenvalue weighted by molar-refractivity contribution is 5.96. The number of hydrogen-bond acceptors (Lipinski definition) is 2. The van der Waals surface area contributed by atoms with Gasteiger partial charge in [0.25, 0.3) is 0 Å². The number of aromatic nitrogens is 1. The lowest BCUT2D eigenvalue weighted by Gasteiger charge is -2.06. The van der Waals surface area contributed by atoms with E-state index in [1.54, 1.807) is 0 Å². The van der Waals surface area contributed by atoms with Gasteiger partial charge in [0.05, 0.1) is 11.0 Å². The van der Waals surface area contributed by atoms with E-state index in [1.807, 2.05) is 36.4 Å². The topological polar surface area (TPSA) is 30.0 Å². The molecule has 3 rings (SSSR count). The third kappa shape index (κ3) is 1.66. The van der Waals surface area contributed by atoms with E-state index in [9.17, 15) is 4.79 Å². The maximum atomic E-state index is 11.1. The van der Waals surface area contributed by atoms with E-state index in [1.165, 1.54) is 0 Å². The van der Waals surface area contributed by atoms with Crippen molar-refractivity contribution in [1.29, 1.82) is 0 Å². The Morgan fingerprint density at radius 3 is 2.67 bits per heavy atom. The van der Waals surface area contributed by atoms with E-state index in [4.69, 9.17) is 0 Å². The van der Waals surface area contributed by atoms with Gasteiger partial charge in [-0.1, -0.05) is 25.1 Å². The number of para-hydroxylation sites is 1. The van der Waals surface area contributed by atoms with Gasteiger partial charge in [-0.15, -0.1) is 0 Å². The van der Waals surface area contributed by atoms with Crippen LogP contribution < -0.4 is 0 Å². The number of fused-ring (bicyclic) bond motifs is 2. The molecule has 0 aliphatic rings. The predicted octanol–water partition coefficient (Wildman–Crippen LogP) is 3.76. The molecule has 0 N–H and O–H groups in total. The number of aldehydes is 1. The Morgan fingerprint density at radius 1 is 1.06 bits per heavy atom. The standard InChI is InChI=1S/C16H13NO/c1-2-11-9-16-13(8-14(11)10-18)7-12-5-3-4-6-15(12)17-16/h3-10H,2H2,1H3. The first-order valence-electron chi connectivity index (χ1n) is 6.09. The molecule has 2 heteroatoms. The number of nitrogens with zero attached hydrogens (tertiary/aromatic N) is 1. The fourth-order valence-electron chi connectivity index (χ4n) is 2.30. The molecule has 0 saturated heterocycles. The van der Waals surface area contributed by atoms with Crippen LogP contribution in [-0.4, -0.2) is 11.3 Å². The smallest absolute Gasteiger partial charge is 0.150 e. The molecule has 0 fully saturated rings. The lowest BCUT2D eigenvalue weighted by molar-refractivity contribution is 0.112. The molecular formula is C16H13NO. The van der Waals surface area contributed by atoms with E-state index in [2.05, 4.69) is 18.0 Å². The maximum absolute atomic E-state index is 11.1. The van der Waals surface area contributed by atoms with Crippen LogP contribution in [0, 0.1) is 0 Å². The summed E-state index contributed by atoms with van der Waals surface area (Å²) >= 11 is 0. The minimum Gasteiger partial charge on any atom is -0.298 e. The summed E-state index contributed by atoms with van der Waals surface area (Å²) in [6.07, 6.45) is 1.77. The van der Waals surface area contributed by atoms with Crippen molar-refractivity contribution in [2.45, 2.75) is 13.3 Å².